The van der Waals surface area contributed by atoms with E-state index in [1.54, 1.807) is 6.07 Å². The summed E-state index contributed by atoms with van der Waals surface area (Å²) in [5.74, 6) is 1.08. The third kappa shape index (κ3) is 5.71. The molecule has 3 N–H and O–H groups in total. The lowest BCUT2D eigenvalue weighted by Gasteiger charge is -2.12. The van der Waals surface area contributed by atoms with Crippen LogP contribution >= 0.6 is 0 Å². The fourth-order valence-electron chi connectivity index (χ4n) is 1.25. The summed E-state index contributed by atoms with van der Waals surface area (Å²) in [5.41, 5.74) is -0.151. The molecule has 1 rings (SSSR count). The van der Waals surface area contributed by atoms with Crippen molar-refractivity contribution in [2.75, 3.05) is 31.7 Å². The number of carbonyl (C=O) groups is 1. The number of carbonyl (C=O) groups excluding carboxylic acids is 1. The lowest BCUT2D eigenvalue weighted by Crippen LogP contribution is -2.31. The smallest absolute Gasteiger partial charge is 0.320 e. The first-order valence-corrected chi connectivity index (χ1v) is 6.14. The van der Waals surface area contributed by atoms with Gasteiger partial charge in [0.05, 0.1) is 19.8 Å². The number of aliphatic hydroxyl groups excluding tert-OH is 1. The Morgan fingerprint density at radius 3 is 2.79 bits per heavy atom. The molecule has 0 aliphatic rings. The molecule has 0 aliphatic carbocycles. The number of aromatic nitrogens is 1. The number of urea groups is 1. The first-order chi connectivity index (χ1) is 8.93. The van der Waals surface area contributed by atoms with E-state index in [0.717, 1.165) is 0 Å². The predicted octanol–water partition coefficient (Wildman–Crippen LogP) is 1.10. The Morgan fingerprint density at radius 1 is 1.47 bits per heavy atom. The molecule has 0 unspecified atom stereocenters. The molecule has 0 saturated carbocycles. The summed E-state index contributed by atoms with van der Waals surface area (Å²) in [6.07, 6.45) is 0. The van der Waals surface area contributed by atoms with Crippen molar-refractivity contribution >= 4 is 11.8 Å². The van der Waals surface area contributed by atoms with Crippen LogP contribution in [0.3, 0.4) is 0 Å². The van der Waals surface area contributed by atoms with E-state index < -0.39 is 0 Å². The predicted molar refractivity (Wildman–Crippen MR) is 70.1 cm³/mol. The van der Waals surface area contributed by atoms with E-state index in [4.69, 9.17) is 14.4 Å². The highest BCUT2D eigenvalue weighted by Gasteiger charge is 2.20. The number of nitrogens with zero attached hydrogens (tertiary/aromatic N) is 1. The summed E-state index contributed by atoms with van der Waals surface area (Å²) < 4.78 is 10.1. The second kappa shape index (κ2) is 7.10. The third-order valence-corrected chi connectivity index (χ3v) is 2.26. The molecule has 1 aromatic heterocycles. The first-order valence-electron chi connectivity index (χ1n) is 6.14. The maximum Gasteiger partial charge on any atom is 0.320 e. The van der Waals surface area contributed by atoms with Crippen molar-refractivity contribution in [3.63, 3.8) is 0 Å². The second-order valence-electron chi connectivity index (χ2n) is 5.04. The minimum absolute atomic E-state index is 0.0271. The molecule has 1 aromatic rings. The molecule has 7 nitrogen and oxygen atoms in total. The van der Waals surface area contributed by atoms with Crippen LogP contribution in [-0.2, 0) is 10.2 Å². The first kappa shape index (κ1) is 15.5. The Balaban J connectivity index is 2.30. The van der Waals surface area contributed by atoms with Crippen LogP contribution in [0.25, 0.3) is 0 Å². The summed E-state index contributed by atoms with van der Waals surface area (Å²) in [5, 5.41) is 17.4. The van der Waals surface area contributed by atoms with Crippen LogP contribution in [0.4, 0.5) is 10.6 Å². The Labute approximate surface area is 112 Å². The molecule has 0 atom stereocenters. The number of amides is 2. The van der Waals surface area contributed by atoms with E-state index in [1.165, 1.54) is 0 Å². The van der Waals surface area contributed by atoms with Crippen LogP contribution in [0.2, 0.25) is 0 Å². The van der Waals surface area contributed by atoms with E-state index in [0.29, 0.717) is 24.7 Å². The molecule has 7 heteroatoms. The quantitative estimate of drug-likeness (QED) is 0.673. The Kier molecular flexibility index (Phi) is 5.78. The average molecular weight is 271 g/mol. The summed E-state index contributed by atoms with van der Waals surface area (Å²) in [7, 11) is 0. The van der Waals surface area contributed by atoms with Gasteiger partial charge >= 0.3 is 6.03 Å². The van der Waals surface area contributed by atoms with Gasteiger partial charge in [0.25, 0.3) is 0 Å². The van der Waals surface area contributed by atoms with E-state index in [-0.39, 0.29) is 24.7 Å². The second-order valence-corrected chi connectivity index (χ2v) is 5.04. The largest absolute Gasteiger partial charge is 0.394 e. The van der Waals surface area contributed by atoms with Gasteiger partial charge in [0.15, 0.2) is 5.82 Å². The van der Waals surface area contributed by atoms with Crippen LogP contribution in [0.15, 0.2) is 10.6 Å². The highest BCUT2D eigenvalue weighted by atomic mass is 16.5. The van der Waals surface area contributed by atoms with Crippen molar-refractivity contribution in [3.05, 3.63) is 11.8 Å². The minimum atomic E-state index is -0.374. The molecule has 0 spiro atoms. The monoisotopic (exact) mass is 271 g/mol. The van der Waals surface area contributed by atoms with Gasteiger partial charge < -0.3 is 19.7 Å². The van der Waals surface area contributed by atoms with Gasteiger partial charge in [0.2, 0.25) is 0 Å². The SMILES string of the molecule is CC(C)(C)c1cc(NC(=O)NCCOCCO)no1. The van der Waals surface area contributed by atoms with Crippen molar-refractivity contribution in [2.24, 2.45) is 0 Å². The fourth-order valence-corrected chi connectivity index (χ4v) is 1.25. The lowest BCUT2D eigenvalue weighted by molar-refractivity contribution is 0.0950. The summed E-state index contributed by atoms with van der Waals surface area (Å²) in [6, 6.07) is 1.32. The standard InChI is InChI=1S/C12H21N3O4/c1-12(2,3)9-8-10(15-19-9)14-11(17)13-4-6-18-7-5-16/h8,16H,4-7H2,1-3H3,(H2,13,14,15,17). The molecule has 1 heterocycles. The van der Waals surface area contributed by atoms with Crippen molar-refractivity contribution in [3.8, 4) is 0 Å². The lowest BCUT2D eigenvalue weighted by atomic mass is 9.93. The van der Waals surface area contributed by atoms with E-state index in [2.05, 4.69) is 15.8 Å². The van der Waals surface area contributed by atoms with Crippen LogP contribution in [0.5, 0.6) is 0 Å². The van der Waals surface area contributed by atoms with Crippen LogP contribution in [0, 0.1) is 0 Å². The number of ether oxygens (including phenoxy) is 1. The van der Waals surface area contributed by atoms with Gasteiger partial charge in [-0.2, -0.15) is 0 Å². The molecule has 0 aromatic carbocycles. The van der Waals surface area contributed by atoms with Crippen LogP contribution < -0.4 is 10.6 Å². The number of rotatable bonds is 6. The zero-order valence-corrected chi connectivity index (χ0v) is 11.5. The maximum atomic E-state index is 11.5. The van der Waals surface area contributed by atoms with Gasteiger partial charge in [-0.25, -0.2) is 4.79 Å². The van der Waals surface area contributed by atoms with Crippen LogP contribution in [-0.4, -0.2) is 42.7 Å². The molecule has 0 fully saturated rings. The molecular formula is C12H21N3O4. The zero-order valence-electron chi connectivity index (χ0n) is 11.5. The molecule has 0 aliphatic heterocycles. The zero-order chi connectivity index (χ0) is 14.3. The molecule has 0 radical (unpaired) electrons. The minimum Gasteiger partial charge on any atom is -0.394 e. The van der Waals surface area contributed by atoms with Gasteiger partial charge in [-0.1, -0.05) is 25.9 Å². The molecule has 19 heavy (non-hydrogen) atoms. The number of nitrogens with one attached hydrogen (secondary N) is 2. The number of aliphatic hydroxyl groups is 1. The summed E-state index contributed by atoms with van der Waals surface area (Å²) >= 11 is 0. The van der Waals surface area contributed by atoms with Gasteiger partial charge in [0.1, 0.15) is 5.76 Å². The highest BCUT2D eigenvalue weighted by molar-refractivity contribution is 5.88. The van der Waals surface area contributed by atoms with E-state index in [1.807, 2.05) is 20.8 Å². The van der Waals surface area contributed by atoms with Gasteiger partial charge in [-0.15, -0.1) is 0 Å². The molecule has 0 bridgehead atoms. The molecular weight excluding hydrogens is 250 g/mol. The van der Waals surface area contributed by atoms with Gasteiger partial charge in [-0.05, 0) is 0 Å². The summed E-state index contributed by atoms with van der Waals surface area (Å²) in [4.78, 5) is 11.5. The van der Waals surface area contributed by atoms with E-state index in [9.17, 15) is 4.79 Å². The normalized spacial score (nSPS) is 11.4. The average Bonchev–Trinajstić information content (AvgIpc) is 2.77. The van der Waals surface area contributed by atoms with E-state index >= 15 is 0 Å². The third-order valence-electron chi connectivity index (χ3n) is 2.26. The van der Waals surface area contributed by atoms with Crippen molar-refractivity contribution < 1.29 is 19.2 Å². The van der Waals surface area contributed by atoms with Crippen LogP contribution in [0.1, 0.15) is 26.5 Å². The molecule has 0 saturated heterocycles. The molecule has 108 valence electrons. The number of hydrogen-bond donors (Lipinski definition) is 3. The maximum absolute atomic E-state index is 11.5. The van der Waals surface area contributed by atoms with Gasteiger partial charge in [0, 0.05) is 18.0 Å². The Morgan fingerprint density at radius 2 is 2.21 bits per heavy atom. The topological polar surface area (TPSA) is 96.6 Å². The summed E-state index contributed by atoms with van der Waals surface area (Å²) in [6.45, 7) is 6.93. The van der Waals surface area contributed by atoms with Crippen molar-refractivity contribution in [2.45, 2.75) is 26.2 Å². The fraction of sp³-hybridized carbons (Fsp3) is 0.667. The number of anilines is 1. The highest BCUT2D eigenvalue weighted by Crippen LogP contribution is 2.24. The van der Waals surface area contributed by atoms with Crippen molar-refractivity contribution in [1.29, 1.82) is 0 Å². The Bertz CT molecular complexity index is 398. The number of hydrogen-bond acceptors (Lipinski definition) is 5. The van der Waals surface area contributed by atoms with Crippen molar-refractivity contribution in [1.82, 2.24) is 10.5 Å². The van der Waals surface area contributed by atoms with Gasteiger partial charge in [-0.3, -0.25) is 5.32 Å². The Hall–Kier alpha value is -1.60. The molecule has 2 amide bonds.